The van der Waals surface area contributed by atoms with Crippen molar-refractivity contribution in [1.29, 1.82) is 0 Å². The lowest BCUT2D eigenvalue weighted by Crippen LogP contribution is -2.49. The summed E-state index contributed by atoms with van der Waals surface area (Å²) < 4.78 is 0. The first-order chi connectivity index (χ1) is 13.7. The number of rotatable bonds is 4. The Morgan fingerprint density at radius 1 is 0.929 bits per heavy atom. The van der Waals surface area contributed by atoms with Crippen molar-refractivity contribution in [3.63, 3.8) is 0 Å². The van der Waals surface area contributed by atoms with E-state index in [0.29, 0.717) is 48.7 Å². The summed E-state index contributed by atoms with van der Waals surface area (Å²) >= 11 is 6.13. The maximum atomic E-state index is 12.7. The Morgan fingerprint density at radius 3 is 2.36 bits per heavy atom. The number of nitrogens with zero attached hydrogens (tertiary/aromatic N) is 6. The van der Waals surface area contributed by atoms with E-state index in [9.17, 15) is 4.79 Å². The lowest BCUT2D eigenvalue weighted by atomic mass is 10.3. The van der Waals surface area contributed by atoms with Crippen LogP contribution in [0.15, 0.2) is 55.1 Å². The van der Waals surface area contributed by atoms with E-state index in [1.165, 1.54) is 12.4 Å². The molecule has 0 atom stereocenters. The lowest BCUT2D eigenvalue weighted by Gasteiger charge is -2.34. The van der Waals surface area contributed by atoms with Gasteiger partial charge >= 0.3 is 0 Å². The third kappa shape index (κ3) is 4.01. The Kier molecular flexibility index (Phi) is 5.29. The molecule has 1 aliphatic heterocycles. The molecule has 0 bridgehead atoms. The van der Waals surface area contributed by atoms with Crippen molar-refractivity contribution >= 4 is 35.0 Å². The van der Waals surface area contributed by atoms with Crippen LogP contribution in [0.5, 0.6) is 0 Å². The molecule has 1 amide bonds. The van der Waals surface area contributed by atoms with Gasteiger partial charge in [-0.1, -0.05) is 23.7 Å². The molecule has 8 nitrogen and oxygen atoms in total. The average molecular weight is 396 g/mol. The summed E-state index contributed by atoms with van der Waals surface area (Å²) in [4.78, 5) is 33.6. The molecule has 9 heteroatoms. The van der Waals surface area contributed by atoms with Gasteiger partial charge in [-0.05, 0) is 18.2 Å². The fraction of sp³-hybridized carbons (Fsp3) is 0.211. The number of amides is 1. The second kappa shape index (κ2) is 8.18. The van der Waals surface area contributed by atoms with Crippen molar-refractivity contribution in [2.75, 3.05) is 36.4 Å². The summed E-state index contributed by atoms with van der Waals surface area (Å²) in [7, 11) is 0. The first kappa shape index (κ1) is 18.1. The van der Waals surface area contributed by atoms with Gasteiger partial charge in [-0.25, -0.2) is 19.9 Å². The standard InChI is InChI=1S/C19H18ClN7O/c20-14-4-1-2-5-15(14)25-17-13-23-16(12-24-17)18(28)26-8-10-27(11-9-26)19-21-6-3-7-22-19/h1-7,12-13H,8-11H2,(H,24,25). The highest BCUT2D eigenvalue weighted by atomic mass is 35.5. The number of benzene rings is 1. The molecule has 0 radical (unpaired) electrons. The van der Waals surface area contributed by atoms with E-state index in [1.807, 2.05) is 18.2 Å². The molecule has 0 saturated carbocycles. The number of halogens is 1. The number of aromatic nitrogens is 4. The van der Waals surface area contributed by atoms with E-state index in [2.05, 4.69) is 30.2 Å². The highest BCUT2D eigenvalue weighted by Gasteiger charge is 2.24. The molecule has 4 rings (SSSR count). The quantitative estimate of drug-likeness (QED) is 0.726. The minimum Gasteiger partial charge on any atom is -0.338 e. The van der Waals surface area contributed by atoms with Gasteiger partial charge in [-0.15, -0.1) is 0 Å². The van der Waals surface area contributed by atoms with Crippen LogP contribution in [-0.2, 0) is 0 Å². The second-order valence-corrected chi connectivity index (χ2v) is 6.63. The molecule has 0 aliphatic carbocycles. The fourth-order valence-electron chi connectivity index (χ4n) is 2.93. The Balaban J connectivity index is 1.37. The Bertz CT molecular complexity index is 944. The molecule has 1 saturated heterocycles. The minimum atomic E-state index is -0.134. The van der Waals surface area contributed by atoms with Crippen LogP contribution in [0.25, 0.3) is 0 Å². The molecule has 0 spiro atoms. The number of para-hydroxylation sites is 1. The fourth-order valence-corrected chi connectivity index (χ4v) is 3.11. The van der Waals surface area contributed by atoms with Gasteiger partial charge in [-0.2, -0.15) is 0 Å². The van der Waals surface area contributed by atoms with E-state index < -0.39 is 0 Å². The molecule has 0 unspecified atom stereocenters. The minimum absolute atomic E-state index is 0.134. The molecule has 1 fully saturated rings. The average Bonchev–Trinajstić information content (AvgIpc) is 2.76. The van der Waals surface area contributed by atoms with Crippen LogP contribution in [0, 0.1) is 0 Å². The topological polar surface area (TPSA) is 87.1 Å². The van der Waals surface area contributed by atoms with Gasteiger partial charge in [0.05, 0.1) is 23.1 Å². The zero-order chi connectivity index (χ0) is 19.3. The molecule has 1 aliphatic rings. The normalized spacial score (nSPS) is 14.0. The van der Waals surface area contributed by atoms with Crippen LogP contribution in [0.3, 0.4) is 0 Å². The number of carbonyl (C=O) groups excluding carboxylic acids is 1. The van der Waals surface area contributed by atoms with Crippen LogP contribution in [0.2, 0.25) is 5.02 Å². The summed E-state index contributed by atoms with van der Waals surface area (Å²) in [5.41, 5.74) is 1.05. The first-order valence-electron chi connectivity index (χ1n) is 8.85. The van der Waals surface area contributed by atoms with Gasteiger partial charge in [0.1, 0.15) is 11.5 Å². The molecular weight excluding hydrogens is 378 g/mol. The SMILES string of the molecule is O=C(c1cnc(Nc2ccccc2Cl)cn1)N1CCN(c2ncccn2)CC1. The van der Waals surface area contributed by atoms with Gasteiger partial charge in [0.2, 0.25) is 5.95 Å². The number of hydrogen-bond acceptors (Lipinski definition) is 7. The number of anilines is 3. The summed E-state index contributed by atoms with van der Waals surface area (Å²) in [6.07, 6.45) is 6.44. The largest absolute Gasteiger partial charge is 0.338 e. The zero-order valence-electron chi connectivity index (χ0n) is 15.0. The molecule has 1 aromatic carbocycles. The molecule has 2 aromatic heterocycles. The smallest absolute Gasteiger partial charge is 0.274 e. The monoisotopic (exact) mass is 395 g/mol. The number of nitrogens with one attached hydrogen (secondary N) is 1. The highest BCUT2D eigenvalue weighted by Crippen LogP contribution is 2.23. The highest BCUT2D eigenvalue weighted by molar-refractivity contribution is 6.33. The van der Waals surface area contributed by atoms with Gasteiger partial charge in [0, 0.05) is 38.6 Å². The maximum absolute atomic E-state index is 12.7. The van der Waals surface area contributed by atoms with Crippen molar-refractivity contribution in [2.24, 2.45) is 0 Å². The van der Waals surface area contributed by atoms with Crippen LogP contribution in [-0.4, -0.2) is 56.9 Å². The molecule has 1 N–H and O–H groups in total. The van der Waals surface area contributed by atoms with Gasteiger partial charge in [-0.3, -0.25) is 4.79 Å². The van der Waals surface area contributed by atoms with Crippen molar-refractivity contribution in [2.45, 2.75) is 0 Å². The van der Waals surface area contributed by atoms with Gasteiger partial charge in [0.25, 0.3) is 5.91 Å². The third-order valence-electron chi connectivity index (χ3n) is 4.41. The Morgan fingerprint density at radius 2 is 1.68 bits per heavy atom. The molecular formula is C19H18ClN7O. The van der Waals surface area contributed by atoms with E-state index in [1.54, 1.807) is 29.4 Å². The lowest BCUT2D eigenvalue weighted by molar-refractivity contribution is 0.0740. The predicted octanol–water partition coefficient (Wildman–Crippen LogP) is 2.63. The van der Waals surface area contributed by atoms with E-state index >= 15 is 0 Å². The molecule has 3 aromatic rings. The van der Waals surface area contributed by atoms with Crippen molar-refractivity contribution < 1.29 is 4.79 Å². The van der Waals surface area contributed by atoms with E-state index in [4.69, 9.17) is 11.6 Å². The van der Waals surface area contributed by atoms with Crippen LogP contribution in [0.1, 0.15) is 10.5 Å². The Hall–Kier alpha value is -3.26. The van der Waals surface area contributed by atoms with Gasteiger partial charge in [0.15, 0.2) is 0 Å². The molecule has 142 valence electrons. The number of hydrogen-bond donors (Lipinski definition) is 1. The van der Waals surface area contributed by atoms with Crippen molar-refractivity contribution in [3.8, 4) is 0 Å². The first-order valence-corrected chi connectivity index (χ1v) is 9.23. The van der Waals surface area contributed by atoms with Crippen molar-refractivity contribution in [1.82, 2.24) is 24.8 Å². The zero-order valence-corrected chi connectivity index (χ0v) is 15.8. The summed E-state index contributed by atoms with van der Waals surface area (Å²) in [6, 6.07) is 9.14. The van der Waals surface area contributed by atoms with Crippen LogP contribution in [0.4, 0.5) is 17.5 Å². The maximum Gasteiger partial charge on any atom is 0.274 e. The van der Waals surface area contributed by atoms with E-state index in [-0.39, 0.29) is 5.91 Å². The predicted molar refractivity (Wildman–Crippen MR) is 107 cm³/mol. The molecule has 28 heavy (non-hydrogen) atoms. The van der Waals surface area contributed by atoms with Crippen LogP contribution < -0.4 is 10.2 Å². The molecule has 3 heterocycles. The number of piperazine rings is 1. The summed E-state index contributed by atoms with van der Waals surface area (Å²) in [5, 5.41) is 3.68. The summed E-state index contributed by atoms with van der Waals surface area (Å²) in [6.45, 7) is 2.52. The van der Waals surface area contributed by atoms with Crippen LogP contribution >= 0.6 is 11.6 Å². The van der Waals surface area contributed by atoms with E-state index in [0.717, 1.165) is 5.69 Å². The van der Waals surface area contributed by atoms with Gasteiger partial charge < -0.3 is 15.1 Å². The third-order valence-corrected chi connectivity index (χ3v) is 4.74. The second-order valence-electron chi connectivity index (χ2n) is 6.22. The van der Waals surface area contributed by atoms with Crippen molar-refractivity contribution in [3.05, 3.63) is 65.8 Å². The Labute approximate surface area is 167 Å². The number of carbonyl (C=O) groups is 1. The summed E-state index contributed by atoms with van der Waals surface area (Å²) in [5.74, 6) is 1.07.